The normalized spacial score (nSPS) is 10.7. The van der Waals surface area contributed by atoms with Crippen LogP contribution in [0.2, 0.25) is 0 Å². The van der Waals surface area contributed by atoms with Gasteiger partial charge < -0.3 is 10.1 Å². The van der Waals surface area contributed by atoms with Gasteiger partial charge in [-0.2, -0.15) is 0 Å². The third-order valence-corrected chi connectivity index (χ3v) is 4.01. The van der Waals surface area contributed by atoms with Gasteiger partial charge in [-0.05, 0) is 52.2 Å². The number of amides is 1. The lowest BCUT2D eigenvalue weighted by Gasteiger charge is -2.09. The van der Waals surface area contributed by atoms with Crippen LogP contribution in [-0.2, 0) is 9.53 Å². The molecule has 1 N–H and O–H groups in total. The highest BCUT2D eigenvalue weighted by Crippen LogP contribution is 2.28. The highest BCUT2D eigenvalue weighted by Gasteiger charge is 2.10. The zero-order valence-corrected chi connectivity index (χ0v) is 13.1. The molecule has 23 heavy (non-hydrogen) atoms. The summed E-state index contributed by atoms with van der Waals surface area (Å²) in [6, 6.07) is 15.8. The van der Waals surface area contributed by atoms with Crippen molar-refractivity contribution in [2.24, 2.45) is 0 Å². The van der Waals surface area contributed by atoms with Crippen molar-refractivity contribution < 1.29 is 14.3 Å². The van der Waals surface area contributed by atoms with E-state index in [1.165, 1.54) is 18.1 Å². The van der Waals surface area contributed by atoms with Crippen LogP contribution in [0, 0.1) is 6.92 Å². The van der Waals surface area contributed by atoms with Crippen LogP contribution >= 0.6 is 0 Å². The van der Waals surface area contributed by atoms with Gasteiger partial charge in [0.1, 0.15) is 6.54 Å². The van der Waals surface area contributed by atoms with E-state index >= 15 is 0 Å². The summed E-state index contributed by atoms with van der Waals surface area (Å²) in [6.07, 6.45) is 0. The van der Waals surface area contributed by atoms with Gasteiger partial charge in [0.2, 0.25) is 0 Å². The molecule has 0 bridgehead atoms. The zero-order valence-electron chi connectivity index (χ0n) is 13.1. The van der Waals surface area contributed by atoms with Crippen LogP contribution in [0.3, 0.4) is 0 Å². The maximum absolute atomic E-state index is 12.1. The smallest absolute Gasteiger partial charge is 0.325 e. The second-order valence-electron chi connectivity index (χ2n) is 5.42. The first-order valence-electron chi connectivity index (χ1n) is 7.37. The molecule has 3 aromatic carbocycles. The molecule has 0 atom stereocenters. The van der Waals surface area contributed by atoms with Crippen molar-refractivity contribution >= 4 is 33.4 Å². The van der Waals surface area contributed by atoms with E-state index in [2.05, 4.69) is 35.2 Å². The first kappa shape index (κ1) is 15.0. The molecule has 0 fully saturated rings. The second-order valence-corrected chi connectivity index (χ2v) is 5.42. The van der Waals surface area contributed by atoms with Crippen molar-refractivity contribution in [1.82, 2.24) is 5.32 Å². The van der Waals surface area contributed by atoms with Gasteiger partial charge in [0, 0.05) is 5.56 Å². The fourth-order valence-corrected chi connectivity index (χ4v) is 2.77. The van der Waals surface area contributed by atoms with Crippen molar-refractivity contribution in [3.63, 3.8) is 0 Å². The van der Waals surface area contributed by atoms with Crippen molar-refractivity contribution in [2.45, 2.75) is 6.92 Å². The van der Waals surface area contributed by atoms with Gasteiger partial charge in [-0.15, -0.1) is 0 Å². The molecule has 0 heterocycles. The summed E-state index contributed by atoms with van der Waals surface area (Å²) in [6.45, 7) is 1.95. The van der Waals surface area contributed by atoms with E-state index in [0.29, 0.717) is 5.56 Å². The van der Waals surface area contributed by atoms with Crippen LogP contribution in [0.4, 0.5) is 0 Å². The molecule has 3 aromatic rings. The largest absolute Gasteiger partial charge is 0.468 e. The van der Waals surface area contributed by atoms with Gasteiger partial charge in [0.25, 0.3) is 5.91 Å². The average Bonchev–Trinajstić information content (AvgIpc) is 2.59. The summed E-state index contributed by atoms with van der Waals surface area (Å²) in [5.41, 5.74) is 1.72. The molecule has 0 spiro atoms. The second kappa shape index (κ2) is 6.08. The van der Waals surface area contributed by atoms with E-state index < -0.39 is 5.97 Å². The SMILES string of the molecule is COC(=O)CNC(=O)c1ccc2c(C)c3ccccc3cc2c1. The Morgan fingerprint density at radius 3 is 2.52 bits per heavy atom. The minimum absolute atomic E-state index is 0.135. The molecule has 0 aromatic heterocycles. The molecular formula is C19H17NO3. The van der Waals surface area contributed by atoms with Crippen molar-refractivity contribution in [3.8, 4) is 0 Å². The predicted octanol–water partition coefficient (Wildman–Crippen LogP) is 3.20. The van der Waals surface area contributed by atoms with Gasteiger partial charge in [-0.25, -0.2) is 0 Å². The summed E-state index contributed by atoms with van der Waals surface area (Å²) in [5, 5.41) is 7.03. The lowest BCUT2D eigenvalue weighted by molar-refractivity contribution is -0.139. The Morgan fingerprint density at radius 2 is 1.74 bits per heavy atom. The van der Waals surface area contributed by atoms with E-state index in [0.717, 1.165) is 16.2 Å². The van der Waals surface area contributed by atoms with E-state index in [1.807, 2.05) is 24.3 Å². The molecule has 4 nitrogen and oxygen atoms in total. The molecular weight excluding hydrogens is 290 g/mol. The highest BCUT2D eigenvalue weighted by molar-refractivity contribution is 6.05. The van der Waals surface area contributed by atoms with Crippen LogP contribution in [0.15, 0.2) is 48.5 Å². The number of hydrogen-bond acceptors (Lipinski definition) is 3. The Balaban J connectivity index is 2.00. The van der Waals surface area contributed by atoms with Crippen LogP contribution in [-0.4, -0.2) is 25.5 Å². The molecule has 0 unspecified atom stereocenters. The molecule has 0 saturated heterocycles. The van der Waals surface area contributed by atoms with E-state index in [4.69, 9.17) is 0 Å². The molecule has 0 aliphatic rings. The standard InChI is InChI=1S/C19H17NO3/c1-12-16-6-4-3-5-13(16)9-15-10-14(7-8-17(12)15)19(22)20-11-18(21)23-2/h3-10H,11H2,1-2H3,(H,20,22). The molecule has 1 amide bonds. The monoisotopic (exact) mass is 307 g/mol. The van der Waals surface area contributed by atoms with Crippen molar-refractivity contribution in [2.75, 3.05) is 13.7 Å². The quantitative estimate of drug-likeness (QED) is 0.597. The number of ether oxygens (including phenoxy) is 1. The van der Waals surface area contributed by atoms with E-state index in [9.17, 15) is 9.59 Å². The highest BCUT2D eigenvalue weighted by atomic mass is 16.5. The van der Waals surface area contributed by atoms with Gasteiger partial charge >= 0.3 is 5.97 Å². The van der Waals surface area contributed by atoms with Crippen LogP contribution in [0.1, 0.15) is 15.9 Å². The maximum Gasteiger partial charge on any atom is 0.325 e. The topological polar surface area (TPSA) is 55.4 Å². The lowest BCUT2D eigenvalue weighted by Crippen LogP contribution is -2.30. The fourth-order valence-electron chi connectivity index (χ4n) is 2.77. The van der Waals surface area contributed by atoms with Crippen LogP contribution < -0.4 is 5.32 Å². The number of methoxy groups -OCH3 is 1. The molecule has 3 rings (SSSR count). The predicted molar refractivity (Wildman–Crippen MR) is 90.5 cm³/mol. The fraction of sp³-hybridized carbons (Fsp3) is 0.158. The Morgan fingerprint density at radius 1 is 1.00 bits per heavy atom. The first-order valence-corrected chi connectivity index (χ1v) is 7.37. The average molecular weight is 307 g/mol. The Hall–Kier alpha value is -2.88. The lowest BCUT2D eigenvalue weighted by atomic mass is 9.96. The molecule has 4 heteroatoms. The van der Waals surface area contributed by atoms with Gasteiger partial charge in [-0.1, -0.05) is 30.3 Å². The Bertz CT molecular complexity index is 915. The van der Waals surface area contributed by atoms with E-state index in [-0.39, 0.29) is 12.5 Å². The van der Waals surface area contributed by atoms with Gasteiger partial charge in [0.15, 0.2) is 0 Å². The number of carbonyl (C=O) groups excluding carboxylic acids is 2. The molecule has 0 aliphatic heterocycles. The Kier molecular flexibility index (Phi) is 3.98. The van der Waals surface area contributed by atoms with Crippen LogP contribution in [0.25, 0.3) is 21.5 Å². The number of carbonyl (C=O) groups is 2. The number of benzene rings is 3. The molecule has 0 radical (unpaired) electrons. The summed E-state index contributed by atoms with van der Waals surface area (Å²) in [5.74, 6) is -0.760. The number of nitrogens with one attached hydrogen (secondary N) is 1. The molecule has 0 aliphatic carbocycles. The third-order valence-electron chi connectivity index (χ3n) is 4.01. The zero-order chi connectivity index (χ0) is 16.4. The minimum Gasteiger partial charge on any atom is -0.468 e. The summed E-state index contributed by atoms with van der Waals surface area (Å²) < 4.78 is 4.52. The van der Waals surface area contributed by atoms with Gasteiger partial charge in [-0.3, -0.25) is 9.59 Å². The number of fused-ring (bicyclic) bond motifs is 2. The summed E-state index contributed by atoms with van der Waals surface area (Å²) >= 11 is 0. The van der Waals surface area contributed by atoms with Crippen molar-refractivity contribution in [3.05, 3.63) is 59.7 Å². The molecule has 0 saturated carbocycles. The third kappa shape index (κ3) is 2.88. The number of aryl methyl sites for hydroxylation is 1. The maximum atomic E-state index is 12.1. The molecule has 116 valence electrons. The van der Waals surface area contributed by atoms with Gasteiger partial charge in [0.05, 0.1) is 7.11 Å². The number of esters is 1. The Labute approximate surface area is 134 Å². The summed E-state index contributed by atoms with van der Waals surface area (Å²) in [7, 11) is 1.29. The van der Waals surface area contributed by atoms with Crippen LogP contribution in [0.5, 0.6) is 0 Å². The van der Waals surface area contributed by atoms with Crippen molar-refractivity contribution in [1.29, 1.82) is 0 Å². The van der Waals surface area contributed by atoms with E-state index in [1.54, 1.807) is 6.07 Å². The minimum atomic E-state index is -0.471. The number of rotatable bonds is 3. The number of hydrogen-bond donors (Lipinski definition) is 1. The first-order chi connectivity index (χ1) is 11.1. The summed E-state index contributed by atoms with van der Waals surface area (Å²) in [4.78, 5) is 23.3.